The van der Waals surface area contributed by atoms with Crippen LogP contribution in [0.15, 0.2) is 24.3 Å². The molecule has 0 aromatic heterocycles. The predicted molar refractivity (Wildman–Crippen MR) is 100.0 cm³/mol. The maximum absolute atomic E-state index is 12.9. The molecule has 0 unspecified atom stereocenters. The molecule has 1 aromatic carbocycles. The Hall–Kier alpha value is -1.31. The Kier molecular flexibility index (Phi) is 4.53. The first kappa shape index (κ1) is 17.5. The van der Waals surface area contributed by atoms with Crippen molar-refractivity contribution in [1.29, 1.82) is 0 Å². The van der Waals surface area contributed by atoms with Crippen LogP contribution in [0.2, 0.25) is 0 Å². The van der Waals surface area contributed by atoms with Gasteiger partial charge in [0.25, 0.3) is 5.91 Å². The van der Waals surface area contributed by atoms with Crippen LogP contribution in [0.4, 0.5) is 4.79 Å². The molecular formula is C18H23IN2O3. The summed E-state index contributed by atoms with van der Waals surface area (Å²) in [6, 6.07) is 7.66. The number of amides is 2. The summed E-state index contributed by atoms with van der Waals surface area (Å²) in [5.41, 5.74) is 0.0218. The third-order valence-corrected chi connectivity index (χ3v) is 5.12. The number of hydrogen-bond donors (Lipinski definition) is 0. The first-order chi connectivity index (χ1) is 11.2. The molecular weight excluding hydrogens is 419 g/mol. The van der Waals surface area contributed by atoms with E-state index in [2.05, 4.69) is 22.6 Å². The van der Waals surface area contributed by atoms with Crippen molar-refractivity contribution in [1.82, 2.24) is 9.80 Å². The number of carbonyl (C=O) groups is 2. The van der Waals surface area contributed by atoms with Gasteiger partial charge in [-0.15, -0.1) is 0 Å². The zero-order valence-electron chi connectivity index (χ0n) is 14.3. The van der Waals surface area contributed by atoms with Crippen molar-refractivity contribution < 1.29 is 14.3 Å². The molecule has 3 rings (SSSR count). The van der Waals surface area contributed by atoms with Crippen LogP contribution in [-0.4, -0.2) is 52.6 Å². The average molecular weight is 442 g/mol. The molecule has 2 fully saturated rings. The summed E-state index contributed by atoms with van der Waals surface area (Å²) in [7, 11) is 0. The molecule has 6 heteroatoms. The molecule has 0 bridgehead atoms. The third-order valence-electron chi connectivity index (χ3n) is 4.45. The van der Waals surface area contributed by atoms with Crippen molar-refractivity contribution in [3.8, 4) is 0 Å². The largest absolute Gasteiger partial charge is 0.444 e. The standard InChI is InChI=1S/C18H23IN2O3/c1-17(2,3)24-16(23)20-9-10-21(18(12-20)7-8-18)15(22)13-5-4-6-14(19)11-13/h4-6,11H,7-10,12H2,1-3H3. The summed E-state index contributed by atoms with van der Waals surface area (Å²) in [4.78, 5) is 28.9. The van der Waals surface area contributed by atoms with E-state index in [9.17, 15) is 9.59 Å². The van der Waals surface area contributed by atoms with Crippen LogP contribution in [-0.2, 0) is 4.74 Å². The van der Waals surface area contributed by atoms with Crippen LogP contribution in [0.1, 0.15) is 44.0 Å². The third kappa shape index (κ3) is 3.68. The lowest BCUT2D eigenvalue weighted by Crippen LogP contribution is -2.58. The second-order valence-electron chi connectivity index (χ2n) is 7.59. The van der Waals surface area contributed by atoms with Crippen molar-refractivity contribution in [2.24, 2.45) is 0 Å². The summed E-state index contributed by atoms with van der Waals surface area (Å²) < 4.78 is 6.53. The van der Waals surface area contributed by atoms with Gasteiger partial charge in [-0.2, -0.15) is 0 Å². The minimum Gasteiger partial charge on any atom is -0.444 e. The summed E-state index contributed by atoms with van der Waals surface area (Å²) in [6.07, 6.45) is 1.61. The molecule has 1 aromatic rings. The Morgan fingerprint density at radius 2 is 1.92 bits per heavy atom. The van der Waals surface area contributed by atoms with E-state index in [1.165, 1.54) is 0 Å². The van der Waals surface area contributed by atoms with Crippen molar-refractivity contribution in [2.45, 2.75) is 44.8 Å². The van der Waals surface area contributed by atoms with Gasteiger partial charge in [-0.25, -0.2) is 4.79 Å². The van der Waals surface area contributed by atoms with Gasteiger partial charge < -0.3 is 14.5 Å². The van der Waals surface area contributed by atoms with Gasteiger partial charge in [0.15, 0.2) is 0 Å². The van der Waals surface area contributed by atoms with Crippen LogP contribution in [0.3, 0.4) is 0 Å². The molecule has 5 nitrogen and oxygen atoms in total. The predicted octanol–water partition coefficient (Wildman–Crippen LogP) is 3.52. The Morgan fingerprint density at radius 1 is 1.21 bits per heavy atom. The van der Waals surface area contributed by atoms with Gasteiger partial charge in [-0.1, -0.05) is 6.07 Å². The molecule has 0 radical (unpaired) electrons. The molecule has 1 saturated heterocycles. The molecule has 1 aliphatic heterocycles. The molecule has 2 amide bonds. The quantitative estimate of drug-likeness (QED) is 0.626. The first-order valence-corrected chi connectivity index (χ1v) is 9.34. The molecule has 1 spiro atoms. The topological polar surface area (TPSA) is 49.9 Å². The monoisotopic (exact) mass is 442 g/mol. The van der Waals surface area contributed by atoms with Crippen LogP contribution in [0, 0.1) is 3.57 Å². The van der Waals surface area contributed by atoms with Gasteiger partial charge in [0.2, 0.25) is 0 Å². The molecule has 0 atom stereocenters. The lowest BCUT2D eigenvalue weighted by atomic mass is 10.1. The fourth-order valence-corrected chi connectivity index (χ4v) is 3.67. The highest BCUT2D eigenvalue weighted by atomic mass is 127. The van der Waals surface area contributed by atoms with Crippen LogP contribution >= 0.6 is 22.6 Å². The molecule has 24 heavy (non-hydrogen) atoms. The second kappa shape index (κ2) is 6.20. The van der Waals surface area contributed by atoms with Gasteiger partial charge in [-0.3, -0.25) is 4.79 Å². The van der Waals surface area contributed by atoms with Gasteiger partial charge >= 0.3 is 6.09 Å². The van der Waals surface area contributed by atoms with E-state index in [0.29, 0.717) is 19.6 Å². The normalized spacial score (nSPS) is 19.3. The van der Waals surface area contributed by atoms with E-state index < -0.39 is 5.60 Å². The Bertz CT molecular complexity index is 664. The van der Waals surface area contributed by atoms with Crippen LogP contribution in [0.5, 0.6) is 0 Å². The summed E-state index contributed by atoms with van der Waals surface area (Å²) >= 11 is 2.22. The zero-order valence-corrected chi connectivity index (χ0v) is 16.5. The number of halogens is 1. The lowest BCUT2D eigenvalue weighted by Gasteiger charge is -2.42. The SMILES string of the molecule is CC(C)(C)OC(=O)N1CCN(C(=O)c2cccc(I)c2)C2(CC2)C1. The summed E-state index contributed by atoms with van der Waals surface area (Å²) in [5, 5.41) is 0. The summed E-state index contributed by atoms with van der Waals surface area (Å²) in [5.74, 6) is 0.0647. The minimum absolute atomic E-state index is 0.0647. The fourth-order valence-electron chi connectivity index (χ4n) is 3.13. The zero-order chi connectivity index (χ0) is 17.5. The maximum atomic E-state index is 12.9. The number of benzene rings is 1. The van der Waals surface area contributed by atoms with Gasteiger partial charge in [-0.05, 0) is 74.4 Å². The average Bonchev–Trinajstić information content (AvgIpc) is 3.24. The maximum Gasteiger partial charge on any atom is 0.410 e. The Balaban J connectivity index is 1.71. The number of hydrogen-bond acceptors (Lipinski definition) is 3. The number of piperazine rings is 1. The number of carbonyl (C=O) groups excluding carboxylic acids is 2. The molecule has 1 aliphatic carbocycles. The minimum atomic E-state index is -0.499. The van der Waals surface area contributed by atoms with Gasteiger partial charge in [0.05, 0.1) is 5.54 Å². The van der Waals surface area contributed by atoms with E-state index in [1.807, 2.05) is 49.9 Å². The van der Waals surface area contributed by atoms with E-state index >= 15 is 0 Å². The highest BCUT2D eigenvalue weighted by Crippen LogP contribution is 2.45. The van der Waals surface area contributed by atoms with E-state index in [1.54, 1.807) is 4.90 Å². The molecule has 0 N–H and O–H groups in total. The molecule has 1 saturated carbocycles. The fraction of sp³-hybridized carbons (Fsp3) is 0.556. The van der Waals surface area contributed by atoms with Crippen molar-refractivity contribution in [3.05, 3.63) is 33.4 Å². The number of ether oxygens (including phenoxy) is 1. The van der Waals surface area contributed by atoms with Crippen molar-refractivity contribution >= 4 is 34.6 Å². The van der Waals surface area contributed by atoms with E-state index in [0.717, 1.165) is 22.0 Å². The number of nitrogens with zero attached hydrogens (tertiary/aromatic N) is 2. The summed E-state index contributed by atoms with van der Waals surface area (Å²) in [6.45, 7) is 7.26. The van der Waals surface area contributed by atoms with E-state index in [4.69, 9.17) is 4.74 Å². The molecule has 2 aliphatic rings. The van der Waals surface area contributed by atoms with Crippen LogP contribution < -0.4 is 0 Å². The Labute approximate surface area is 156 Å². The molecule has 1 heterocycles. The Morgan fingerprint density at radius 3 is 2.50 bits per heavy atom. The lowest BCUT2D eigenvalue weighted by molar-refractivity contribution is 0.000634. The first-order valence-electron chi connectivity index (χ1n) is 8.26. The van der Waals surface area contributed by atoms with Crippen molar-refractivity contribution in [2.75, 3.05) is 19.6 Å². The van der Waals surface area contributed by atoms with Crippen LogP contribution in [0.25, 0.3) is 0 Å². The highest BCUT2D eigenvalue weighted by molar-refractivity contribution is 14.1. The van der Waals surface area contributed by atoms with E-state index in [-0.39, 0.29) is 17.5 Å². The number of rotatable bonds is 1. The smallest absolute Gasteiger partial charge is 0.410 e. The molecule has 130 valence electrons. The van der Waals surface area contributed by atoms with Gasteiger partial charge in [0, 0.05) is 28.8 Å². The van der Waals surface area contributed by atoms with Gasteiger partial charge in [0.1, 0.15) is 5.60 Å². The second-order valence-corrected chi connectivity index (χ2v) is 8.84. The van der Waals surface area contributed by atoms with Crippen molar-refractivity contribution in [3.63, 3.8) is 0 Å². The highest BCUT2D eigenvalue weighted by Gasteiger charge is 2.54.